The third-order valence-electron chi connectivity index (χ3n) is 4.81. The number of nitrogens with one attached hydrogen (secondary N) is 1. The normalized spacial score (nSPS) is 11.4. The first-order chi connectivity index (χ1) is 13.8. The number of sulfone groups is 1. The number of aryl methyl sites for hydroxylation is 2. The molecule has 3 rings (SSSR count). The van der Waals surface area contributed by atoms with Crippen molar-refractivity contribution in [3.63, 3.8) is 0 Å². The first-order valence-corrected chi connectivity index (χ1v) is 10.8. The third kappa shape index (κ3) is 3.98. The highest BCUT2D eigenvalue weighted by molar-refractivity contribution is 7.91. The molecule has 0 radical (unpaired) electrons. The average Bonchev–Trinajstić information content (AvgIpc) is 3.11. The molecule has 0 aliphatic carbocycles. The van der Waals surface area contributed by atoms with Gasteiger partial charge in [-0.2, -0.15) is 10.4 Å². The standard InChI is InChI=1S/C20H21N5O3S/c1-4-29(27,28)18-8-6-5-7-17(18)24-19(26)10-9-16-13(2)23-20-15(11-21)12-22-25(20)14(16)3/h5-8,12H,4,9-10H2,1-3H3,(H,24,26). The Morgan fingerprint density at radius 1 is 1.28 bits per heavy atom. The molecule has 0 saturated heterocycles. The summed E-state index contributed by atoms with van der Waals surface area (Å²) in [5.41, 5.74) is 3.59. The molecule has 0 aliphatic heterocycles. The zero-order chi connectivity index (χ0) is 21.2. The van der Waals surface area contributed by atoms with Crippen LogP contribution in [0.15, 0.2) is 35.4 Å². The van der Waals surface area contributed by atoms with Crippen LogP contribution in [-0.2, 0) is 21.1 Å². The van der Waals surface area contributed by atoms with Crippen molar-refractivity contribution < 1.29 is 13.2 Å². The van der Waals surface area contributed by atoms with Crippen molar-refractivity contribution in [1.29, 1.82) is 5.26 Å². The molecule has 2 heterocycles. The fraction of sp³-hybridized carbons (Fsp3) is 0.300. The Bertz CT molecular complexity index is 1240. The van der Waals surface area contributed by atoms with E-state index in [0.717, 1.165) is 17.0 Å². The monoisotopic (exact) mass is 411 g/mol. The van der Waals surface area contributed by atoms with E-state index in [9.17, 15) is 13.2 Å². The number of amides is 1. The minimum atomic E-state index is -3.44. The molecule has 0 spiro atoms. The Morgan fingerprint density at radius 2 is 2.00 bits per heavy atom. The van der Waals surface area contributed by atoms with Crippen LogP contribution in [0.4, 0.5) is 5.69 Å². The van der Waals surface area contributed by atoms with Gasteiger partial charge in [-0.25, -0.2) is 17.9 Å². The van der Waals surface area contributed by atoms with Crippen LogP contribution in [0.3, 0.4) is 0 Å². The lowest BCUT2D eigenvalue weighted by Crippen LogP contribution is -2.17. The number of carbonyl (C=O) groups excluding carboxylic acids is 1. The van der Waals surface area contributed by atoms with Crippen molar-refractivity contribution in [3.05, 3.63) is 53.0 Å². The molecular formula is C20H21N5O3S. The number of hydrogen-bond donors (Lipinski definition) is 1. The molecule has 0 unspecified atom stereocenters. The van der Waals surface area contributed by atoms with E-state index in [4.69, 9.17) is 5.26 Å². The second-order valence-electron chi connectivity index (χ2n) is 6.61. The number of nitriles is 1. The summed E-state index contributed by atoms with van der Waals surface area (Å²) in [5, 5.41) is 16.1. The van der Waals surface area contributed by atoms with E-state index < -0.39 is 9.84 Å². The maximum absolute atomic E-state index is 12.5. The van der Waals surface area contributed by atoms with E-state index in [0.29, 0.717) is 17.6 Å². The van der Waals surface area contributed by atoms with Crippen LogP contribution in [0.25, 0.3) is 5.65 Å². The van der Waals surface area contributed by atoms with Gasteiger partial charge in [-0.3, -0.25) is 4.79 Å². The topological polar surface area (TPSA) is 117 Å². The minimum Gasteiger partial charge on any atom is -0.325 e. The summed E-state index contributed by atoms with van der Waals surface area (Å²) in [6, 6.07) is 8.45. The number of hydrogen-bond acceptors (Lipinski definition) is 6. The van der Waals surface area contributed by atoms with Gasteiger partial charge in [0.15, 0.2) is 15.5 Å². The molecule has 150 valence electrons. The average molecular weight is 411 g/mol. The van der Waals surface area contributed by atoms with E-state index in [2.05, 4.69) is 21.5 Å². The van der Waals surface area contributed by atoms with E-state index in [1.807, 2.05) is 13.8 Å². The minimum absolute atomic E-state index is 0.0431. The summed E-state index contributed by atoms with van der Waals surface area (Å²) < 4.78 is 26.1. The summed E-state index contributed by atoms with van der Waals surface area (Å²) in [5.74, 6) is -0.334. The summed E-state index contributed by atoms with van der Waals surface area (Å²) in [6.45, 7) is 5.26. The fourth-order valence-corrected chi connectivity index (χ4v) is 4.25. The zero-order valence-corrected chi connectivity index (χ0v) is 17.2. The van der Waals surface area contributed by atoms with Gasteiger partial charge in [0, 0.05) is 17.8 Å². The molecule has 8 nitrogen and oxygen atoms in total. The molecule has 0 bridgehead atoms. The van der Waals surface area contributed by atoms with Gasteiger partial charge in [-0.1, -0.05) is 19.1 Å². The van der Waals surface area contributed by atoms with E-state index >= 15 is 0 Å². The van der Waals surface area contributed by atoms with Crippen LogP contribution in [0.2, 0.25) is 0 Å². The Labute approximate surface area is 169 Å². The van der Waals surface area contributed by atoms with Crippen LogP contribution in [0.1, 0.15) is 35.9 Å². The van der Waals surface area contributed by atoms with Gasteiger partial charge in [-0.15, -0.1) is 0 Å². The molecule has 1 N–H and O–H groups in total. The number of carbonyl (C=O) groups is 1. The SMILES string of the molecule is CCS(=O)(=O)c1ccccc1NC(=O)CCc1c(C)nc2c(C#N)cnn2c1C. The van der Waals surface area contributed by atoms with Crippen molar-refractivity contribution in [2.24, 2.45) is 0 Å². The molecule has 9 heteroatoms. The lowest BCUT2D eigenvalue weighted by atomic mass is 10.1. The predicted molar refractivity (Wildman–Crippen MR) is 108 cm³/mol. The van der Waals surface area contributed by atoms with Gasteiger partial charge < -0.3 is 5.32 Å². The van der Waals surface area contributed by atoms with Gasteiger partial charge in [0.25, 0.3) is 0 Å². The lowest BCUT2D eigenvalue weighted by Gasteiger charge is -2.13. The third-order valence-corrected chi connectivity index (χ3v) is 6.59. The van der Waals surface area contributed by atoms with Crippen LogP contribution in [0.5, 0.6) is 0 Å². The number of fused-ring (bicyclic) bond motifs is 1. The van der Waals surface area contributed by atoms with Crippen molar-refractivity contribution in [2.45, 2.75) is 38.5 Å². The second-order valence-corrected chi connectivity index (χ2v) is 8.86. The Kier molecular flexibility index (Phi) is 5.66. The second kappa shape index (κ2) is 8.01. The maximum atomic E-state index is 12.5. The smallest absolute Gasteiger partial charge is 0.224 e. The molecule has 0 fully saturated rings. The number of benzene rings is 1. The molecule has 0 aliphatic rings. The lowest BCUT2D eigenvalue weighted by molar-refractivity contribution is -0.116. The number of aromatic nitrogens is 3. The predicted octanol–water partition coefficient (Wildman–Crippen LogP) is 2.58. The molecule has 3 aromatic rings. The van der Waals surface area contributed by atoms with Crippen molar-refractivity contribution in [1.82, 2.24) is 14.6 Å². The van der Waals surface area contributed by atoms with Gasteiger partial charge in [0.1, 0.15) is 11.6 Å². The summed E-state index contributed by atoms with van der Waals surface area (Å²) in [7, 11) is -3.44. The summed E-state index contributed by atoms with van der Waals surface area (Å²) in [6.07, 6.45) is 2.04. The summed E-state index contributed by atoms with van der Waals surface area (Å²) >= 11 is 0. The van der Waals surface area contributed by atoms with Crippen LogP contribution >= 0.6 is 0 Å². The zero-order valence-electron chi connectivity index (χ0n) is 16.4. The van der Waals surface area contributed by atoms with Gasteiger partial charge in [-0.05, 0) is 38.0 Å². The molecule has 2 aromatic heterocycles. The van der Waals surface area contributed by atoms with E-state index in [-0.39, 0.29) is 28.7 Å². The number of para-hydroxylation sites is 1. The van der Waals surface area contributed by atoms with Gasteiger partial charge in [0.05, 0.1) is 22.5 Å². The van der Waals surface area contributed by atoms with Crippen molar-refractivity contribution in [2.75, 3.05) is 11.1 Å². The highest BCUT2D eigenvalue weighted by atomic mass is 32.2. The number of anilines is 1. The van der Waals surface area contributed by atoms with Crippen LogP contribution in [0, 0.1) is 25.2 Å². The Balaban J connectivity index is 1.80. The molecular weight excluding hydrogens is 390 g/mol. The maximum Gasteiger partial charge on any atom is 0.224 e. The van der Waals surface area contributed by atoms with Gasteiger partial charge >= 0.3 is 0 Å². The molecule has 1 amide bonds. The van der Waals surface area contributed by atoms with Crippen LogP contribution < -0.4 is 5.32 Å². The highest BCUT2D eigenvalue weighted by Crippen LogP contribution is 2.23. The van der Waals surface area contributed by atoms with Crippen molar-refractivity contribution >= 4 is 27.1 Å². The number of nitrogens with zero attached hydrogens (tertiary/aromatic N) is 4. The molecule has 1 aromatic carbocycles. The Hall–Kier alpha value is -3.25. The van der Waals surface area contributed by atoms with E-state index in [1.54, 1.807) is 29.6 Å². The van der Waals surface area contributed by atoms with Crippen LogP contribution in [-0.4, -0.2) is 34.7 Å². The number of rotatable bonds is 6. The molecule has 29 heavy (non-hydrogen) atoms. The van der Waals surface area contributed by atoms with Crippen molar-refractivity contribution in [3.8, 4) is 6.07 Å². The first kappa shape index (κ1) is 20.5. The largest absolute Gasteiger partial charge is 0.325 e. The quantitative estimate of drug-likeness (QED) is 0.666. The highest BCUT2D eigenvalue weighted by Gasteiger charge is 2.18. The molecule has 0 saturated carbocycles. The van der Waals surface area contributed by atoms with Gasteiger partial charge in [0.2, 0.25) is 5.91 Å². The fourth-order valence-electron chi connectivity index (χ4n) is 3.20. The summed E-state index contributed by atoms with van der Waals surface area (Å²) in [4.78, 5) is 17.1. The Morgan fingerprint density at radius 3 is 2.69 bits per heavy atom. The van der Waals surface area contributed by atoms with E-state index in [1.165, 1.54) is 12.3 Å². The first-order valence-electron chi connectivity index (χ1n) is 9.14. The molecule has 0 atom stereocenters.